The molecule has 1 aromatic rings. The zero-order valence-electron chi connectivity index (χ0n) is 11.3. The molecule has 0 aromatic carbocycles. The van der Waals surface area contributed by atoms with Crippen LogP contribution in [-0.4, -0.2) is 54.7 Å². The summed E-state index contributed by atoms with van der Waals surface area (Å²) < 4.78 is 6.45. The van der Waals surface area contributed by atoms with Crippen molar-refractivity contribution >= 4 is 27.7 Å². The summed E-state index contributed by atoms with van der Waals surface area (Å²) in [7, 11) is 0. The van der Waals surface area contributed by atoms with E-state index in [9.17, 15) is 4.79 Å². The van der Waals surface area contributed by atoms with Crippen molar-refractivity contribution in [1.82, 2.24) is 9.88 Å². The van der Waals surface area contributed by atoms with E-state index in [0.717, 1.165) is 55.9 Å². The van der Waals surface area contributed by atoms with Gasteiger partial charge in [0.1, 0.15) is 11.9 Å². The van der Waals surface area contributed by atoms with Crippen LogP contribution in [-0.2, 0) is 9.53 Å². The highest BCUT2D eigenvalue weighted by atomic mass is 79.9. The minimum absolute atomic E-state index is 0.158. The molecule has 1 unspecified atom stereocenters. The number of hydrogen-bond acceptors (Lipinski definition) is 4. The summed E-state index contributed by atoms with van der Waals surface area (Å²) in [5.74, 6) is 1.13. The largest absolute Gasteiger partial charge is 0.368 e. The van der Waals surface area contributed by atoms with Gasteiger partial charge in [0.05, 0.1) is 0 Å². The van der Waals surface area contributed by atoms with Gasteiger partial charge in [0, 0.05) is 43.5 Å². The molecule has 5 nitrogen and oxygen atoms in total. The Morgan fingerprint density at radius 1 is 1.30 bits per heavy atom. The first-order valence-electron chi connectivity index (χ1n) is 7.01. The molecule has 2 aliphatic heterocycles. The first-order valence-corrected chi connectivity index (χ1v) is 7.80. The first-order chi connectivity index (χ1) is 9.74. The van der Waals surface area contributed by atoms with E-state index >= 15 is 0 Å². The van der Waals surface area contributed by atoms with Crippen LogP contribution in [0, 0.1) is 0 Å². The maximum absolute atomic E-state index is 12.2. The van der Waals surface area contributed by atoms with Crippen molar-refractivity contribution < 1.29 is 9.53 Å². The van der Waals surface area contributed by atoms with Crippen LogP contribution < -0.4 is 4.90 Å². The summed E-state index contributed by atoms with van der Waals surface area (Å²) >= 11 is 3.39. The molecule has 0 radical (unpaired) electrons. The molecular formula is C14H18BrN3O2. The topological polar surface area (TPSA) is 45.7 Å². The number of ether oxygens (including phenoxy) is 1. The normalized spacial score (nSPS) is 23.1. The van der Waals surface area contributed by atoms with Crippen LogP contribution in [0.2, 0.25) is 0 Å². The van der Waals surface area contributed by atoms with Crippen LogP contribution in [0.25, 0.3) is 0 Å². The number of carbonyl (C=O) groups is 1. The van der Waals surface area contributed by atoms with E-state index in [2.05, 4.69) is 25.8 Å². The average molecular weight is 340 g/mol. The second kappa shape index (κ2) is 6.10. The van der Waals surface area contributed by atoms with E-state index in [-0.39, 0.29) is 12.0 Å². The maximum atomic E-state index is 12.2. The zero-order chi connectivity index (χ0) is 13.9. The number of halogens is 1. The number of nitrogens with zero attached hydrogens (tertiary/aromatic N) is 3. The van der Waals surface area contributed by atoms with Crippen LogP contribution >= 0.6 is 15.9 Å². The molecule has 3 heterocycles. The van der Waals surface area contributed by atoms with Crippen LogP contribution in [0.1, 0.15) is 12.8 Å². The molecule has 108 valence electrons. The Morgan fingerprint density at radius 3 is 2.70 bits per heavy atom. The Balaban J connectivity index is 1.56. The summed E-state index contributed by atoms with van der Waals surface area (Å²) in [6, 6.07) is 3.99. The fourth-order valence-electron chi connectivity index (χ4n) is 2.69. The molecule has 1 atom stereocenters. The van der Waals surface area contributed by atoms with Gasteiger partial charge in [-0.25, -0.2) is 4.98 Å². The first kappa shape index (κ1) is 13.8. The Hall–Kier alpha value is -1.14. The molecule has 1 amide bonds. The van der Waals surface area contributed by atoms with E-state index in [4.69, 9.17) is 4.74 Å². The Labute approximate surface area is 127 Å². The lowest BCUT2D eigenvalue weighted by Gasteiger charge is -2.36. The monoisotopic (exact) mass is 339 g/mol. The minimum Gasteiger partial charge on any atom is -0.368 e. The highest BCUT2D eigenvalue weighted by molar-refractivity contribution is 9.10. The Bertz CT molecular complexity index is 466. The molecule has 2 aliphatic rings. The van der Waals surface area contributed by atoms with Crippen LogP contribution in [0.15, 0.2) is 22.8 Å². The van der Waals surface area contributed by atoms with Gasteiger partial charge < -0.3 is 14.5 Å². The predicted octanol–water partition coefficient (Wildman–Crippen LogP) is 1.67. The van der Waals surface area contributed by atoms with E-state index in [1.54, 1.807) is 6.20 Å². The summed E-state index contributed by atoms with van der Waals surface area (Å²) in [6.45, 7) is 3.87. The van der Waals surface area contributed by atoms with Gasteiger partial charge in [-0.1, -0.05) is 0 Å². The molecule has 0 bridgehead atoms. The molecule has 0 aliphatic carbocycles. The Kier molecular flexibility index (Phi) is 4.21. The van der Waals surface area contributed by atoms with Crippen molar-refractivity contribution in [3.8, 4) is 0 Å². The van der Waals surface area contributed by atoms with E-state index in [0.29, 0.717) is 0 Å². The lowest BCUT2D eigenvalue weighted by Crippen LogP contribution is -2.51. The third-order valence-corrected chi connectivity index (χ3v) is 4.30. The van der Waals surface area contributed by atoms with Gasteiger partial charge in [-0.2, -0.15) is 0 Å². The molecule has 1 aromatic heterocycles. The number of aromatic nitrogens is 1. The van der Waals surface area contributed by atoms with Gasteiger partial charge in [0.15, 0.2) is 0 Å². The van der Waals surface area contributed by atoms with E-state index in [1.807, 2.05) is 17.0 Å². The molecule has 6 heteroatoms. The van der Waals surface area contributed by atoms with E-state index < -0.39 is 0 Å². The number of anilines is 1. The summed E-state index contributed by atoms with van der Waals surface area (Å²) in [6.07, 6.45) is 3.47. The van der Waals surface area contributed by atoms with Crippen LogP contribution in [0.3, 0.4) is 0 Å². The van der Waals surface area contributed by atoms with Gasteiger partial charge in [-0.3, -0.25) is 4.79 Å². The molecule has 0 spiro atoms. The third-order valence-electron chi connectivity index (χ3n) is 3.83. The summed E-state index contributed by atoms with van der Waals surface area (Å²) in [5.41, 5.74) is 0. The zero-order valence-corrected chi connectivity index (χ0v) is 12.9. The SMILES string of the molecule is O=C(C1CCCO1)N1CCN(c2ccc(Br)cn2)CC1. The van der Waals surface area contributed by atoms with Gasteiger partial charge in [-0.15, -0.1) is 0 Å². The molecule has 20 heavy (non-hydrogen) atoms. The number of pyridine rings is 1. The van der Waals surface area contributed by atoms with Crippen molar-refractivity contribution in [3.05, 3.63) is 22.8 Å². The minimum atomic E-state index is -0.202. The predicted molar refractivity (Wildman–Crippen MR) is 79.7 cm³/mol. The lowest BCUT2D eigenvalue weighted by atomic mass is 10.2. The van der Waals surface area contributed by atoms with Crippen LogP contribution in [0.5, 0.6) is 0 Å². The number of piperazine rings is 1. The highest BCUT2D eigenvalue weighted by Gasteiger charge is 2.30. The maximum Gasteiger partial charge on any atom is 0.251 e. The fourth-order valence-corrected chi connectivity index (χ4v) is 2.92. The van der Waals surface area contributed by atoms with Crippen LogP contribution in [0.4, 0.5) is 5.82 Å². The summed E-state index contributed by atoms with van der Waals surface area (Å²) in [4.78, 5) is 20.8. The van der Waals surface area contributed by atoms with E-state index in [1.165, 1.54) is 0 Å². The average Bonchev–Trinajstić information content (AvgIpc) is 3.02. The number of amides is 1. The second-order valence-electron chi connectivity index (χ2n) is 5.15. The fraction of sp³-hybridized carbons (Fsp3) is 0.571. The molecule has 2 fully saturated rings. The standard InChI is InChI=1S/C14H18BrN3O2/c15-11-3-4-13(16-10-11)17-5-7-18(8-6-17)14(19)12-2-1-9-20-12/h3-4,10,12H,1-2,5-9H2. The smallest absolute Gasteiger partial charge is 0.251 e. The summed E-state index contributed by atoms with van der Waals surface area (Å²) in [5, 5.41) is 0. The van der Waals surface area contributed by atoms with Gasteiger partial charge >= 0.3 is 0 Å². The number of carbonyl (C=O) groups excluding carboxylic acids is 1. The highest BCUT2D eigenvalue weighted by Crippen LogP contribution is 2.19. The van der Waals surface area contributed by atoms with Crippen molar-refractivity contribution in [3.63, 3.8) is 0 Å². The van der Waals surface area contributed by atoms with Gasteiger partial charge in [-0.05, 0) is 40.9 Å². The molecular weight excluding hydrogens is 322 g/mol. The van der Waals surface area contributed by atoms with Gasteiger partial charge in [0.25, 0.3) is 5.91 Å². The molecule has 2 saturated heterocycles. The molecule has 0 saturated carbocycles. The molecule has 0 N–H and O–H groups in total. The third kappa shape index (κ3) is 2.96. The molecule has 3 rings (SSSR count). The quantitative estimate of drug-likeness (QED) is 0.822. The van der Waals surface area contributed by atoms with Crippen molar-refractivity contribution in [2.75, 3.05) is 37.7 Å². The lowest BCUT2D eigenvalue weighted by molar-refractivity contribution is -0.141. The van der Waals surface area contributed by atoms with Gasteiger partial charge in [0.2, 0.25) is 0 Å². The second-order valence-corrected chi connectivity index (χ2v) is 6.06. The van der Waals surface area contributed by atoms with Crippen molar-refractivity contribution in [2.45, 2.75) is 18.9 Å². The number of hydrogen-bond donors (Lipinski definition) is 0. The number of rotatable bonds is 2. The Morgan fingerprint density at radius 2 is 2.10 bits per heavy atom. The van der Waals surface area contributed by atoms with Crippen molar-refractivity contribution in [1.29, 1.82) is 0 Å². The van der Waals surface area contributed by atoms with Crippen molar-refractivity contribution in [2.24, 2.45) is 0 Å².